The van der Waals surface area contributed by atoms with Crippen LogP contribution in [-0.4, -0.2) is 12.0 Å². The maximum absolute atomic E-state index is 6.51. The van der Waals surface area contributed by atoms with E-state index in [4.69, 9.17) is 16.4 Å². The average molecular weight is 304 g/mol. The second-order valence-corrected chi connectivity index (χ2v) is 5.37. The Bertz CT molecular complexity index is 701. The van der Waals surface area contributed by atoms with Crippen molar-refractivity contribution >= 4 is 28.9 Å². The Morgan fingerprint density at radius 3 is 1.50 bits per heavy atom. The standard InChI is InChI=1S/C19H15BClN/c21-20(18-14-8-3-9-15-18)22-19(16-10-4-1-5-11-16)17-12-6-2-7-13-17/h1-15H. The van der Waals surface area contributed by atoms with Crippen molar-refractivity contribution in [1.82, 2.24) is 0 Å². The summed E-state index contributed by atoms with van der Waals surface area (Å²) in [6, 6.07) is 30.2. The van der Waals surface area contributed by atoms with Gasteiger partial charge in [-0.15, -0.1) is 0 Å². The van der Waals surface area contributed by atoms with E-state index in [0.717, 1.165) is 22.3 Å². The molecule has 0 aliphatic carbocycles. The van der Waals surface area contributed by atoms with E-state index in [1.165, 1.54) is 0 Å². The third-order valence-electron chi connectivity index (χ3n) is 3.41. The topological polar surface area (TPSA) is 12.4 Å². The van der Waals surface area contributed by atoms with Crippen LogP contribution in [0.25, 0.3) is 0 Å². The average Bonchev–Trinajstić information content (AvgIpc) is 2.62. The molecule has 0 bridgehead atoms. The lowest BCUT2D eigenvalue weighted by atomic mass is 9.81. The number of halogens is 1. The van der Waals surface area contributed by atoms with Gasteiger partial charge in [0.05, 0.1) is 5.71 Å². The van der Waals surface area contributed by atoms with Gasteiger partial charge in [-0.05, 0) is 16.6 Å². The van der Waals surface area contributed by atoms with E-state index >= 15 is 0 Å². The summed E-state index contributed by atoms with van der Waals surface area (Å²) >= 11 is 6.51. The summed E-state index contributed by atoms with van der Waals surface area (Å²) in [6.45, 7) is 0. The molecule has 0 aliphatic heterocycles. The van der Waals surface area contributed by atoms with Crippen molar-refractivity contribution in [2.45, 2.75) is 0 Å². The lowest BCUT2D eigenvalue weighted by Crippen LogP contribution is -2.24. The van der Waals surface area contributed by atoms with E-state index in [-0.39, 0.29) is 0 Å². The van der Waals surface area contributed by atoms with Crippen LogP contribution < -0.4 is 5.46 Å². The molecule has 106 valence electrons. The Balaban J connectivity index is 2.04. The lowest BCUT2D eigenvalue weighted by molar-refractivity contribution is 1.56. The number of nitrogens with zero attached hydrogens (tertiary/aromatic N) is 1. The maximum atomic E-state index is 6.51. The molecule has 0 aromatic heterocycles. The fourth-order valence-corrected chi connectivity index (χ4v) is 2.55. The van der Waals surface area contributed by atoms with Gasteiger partial charge in [-0.25, -0.2) is 0 Å². The normalized spacial score (nSPS) is 10.0. The van der Waals surface area contributed by atoms with Gasteiger partial charge in [-0.2, -0.15) is 11.5 Å². The zero-order valence-corrected chi connectivity index (χ0v) is 12.8. The molecule has 0 fully saturated rings. The number of hydrogen-bond acceptors (Lipinski definition) is 1. The molecule has 1 nitrogen and oxygen atoms in total. The van der Waals surface area contributed by atoms with E-state index in [9.17, 15) is 0 Å². The Morgan fingerprint density at radius 1 is 0.636 bits per heavy atom. The molecule has 0 saturated carbocycles. The van der Waals surface area contributed by atoms with Crippen molar-refractivity contribution in [1.29, 1.82) is 0 Å². The van der Waals surface area contributed by atoms with Gasteiger partial charge in [0.15, 0.2) is 0 Å². The van der Waals surface area contributed by atoms with Crippen LogP contribution in [0.3, 0.4) is 0 Å². The van der Waals surface area contributed by atoms with Crippen molar-refractivity contribution < 1.29 is 0 Å². The van der Waals surface area contributed by atoms with E-state index < -0.39 is 6.26 Å². The van der Waals surface area contributed by atoms with Crippen LogP contribution in [0.4, 0.5) is 0 Å². The first kappa shape index (κ1) is 14.6. The predicted octanol–water partition coefficient (Wildman–Crippen LogP) is 4.16. The van der Waals surface area contributed by atoms with Crippen molar-refractivity contribution in [3.8, 4) is 0 Å². The first-order valence-electron chi connectivity index (χ1n) is 7.22. The number of hydrogen-bond donors (Lipinski definition) is 0. The third-order valence-corrected chi connectivity index (χ3v) is 3.76. The van der Waals surface area contributed by atoms with E-state index in [2.05, 4.69) is 24.3 Å². The van der Waals surface area contributed by atoms with Gasteiger partial charge < -0.3 is 4.90 Å². The number of rotatable bonds is 4. The molecule has 3 aromatic rings. The molecule has 3 aromatic carbocycles. The van der Waals surface area contributed by atoms with Crippen LogP contribution >= 0.6 is 11.5 Å². The van der Waals surface area contributed by atoms with Gasteiger partial charge in [0.1, 0.15) is 0 Å². The van der Waals surface area contributed by atoms with Crippen LogP contribution in [0, 0.1) is 0 Å². The summed E-state index contributed by atoms with van der Waals surface area (Å²) in [5.41, 5.74) is 4.03. The minimum absolute atomic E-state index is 0.406. The molecule has 0 N–H and O–H groups in total. The molecule has 3 rings (SSSR count). The van der Waals surface area contributed by atoms with Gasteiger partial charge in [0.2, 0.25) is 0 Å². The van der Waals surface area contributed by atoms with Crippen LogP contribution in [-0.2, 0) is 0 Å². The molecule has 0 aliphatic rings. The molecule has 3 heteroatoms. The van der Waals surface area contributed by atoms with Gasteiger partial charge in [0, 0.05) is 0 Å². The molecule has 0 spiro atoms. The highest BCUT2D eigenvalue weighted by atomic mass is 35.5. The first-order valence-corrected chi connectivity index (χ1v) is 7.66. The number of benzene rings is 3. The largest absolute Gasteiger partial charge is 0.413 e. The minimum Gasteiger partial charge on any atom is -0.315 e. The molecule has 0 amide bonds. The molecule has 22 heavy (non-hydrogen) atoms. The summed E-state index contributed by atoms with van der Waals surface area (Å²) in [7, 11) is 0. The Morgan fingerprint density at radius 2 is 1.05 bits per heavy atom. The molecular weight excluding hydrogens is 288 g/mol. The third kappa shape index (κ3) is 3.47. The fraction of sp³-hybridized carbons (Fsp3) is 0. The highest BCUT2D eigenvalue weighted by Gasteiger charge is 2.15. The first-order chi connectivity index (χ1) is 10.8. The predicted molar refractivity (Wildman–Crippen MR) is 96.2 cm³/mol. The molecule has 0 heterocycles. The summed E-state index contributed by atoms with van der Waals surface area (Å²) in [4.78, 5) is 4.77. The molecule has 0 radical (unpaired) electrons. The second kappa shape index (κ2) is 7.10. The second-order valence-electron chi connectivity index (χ2n) is 4.96. The lowest BCUT2D eigenvalue weighted by Gasteiger charge is -2.10. The van der Waals surface area contributed by atoms with E-state index in [1.54, 1.807) is 0 Å². The monoisotopic (exact) mass is 303 g/mol. The van der Waals surface area contributed by atoms with Gasteiger partial charge in [-0.3, -0.25) is 0 Å². The maximum Gasteiger partial charge on any atom is 0.413 e. The van der Waals surface area contributed by atoms with Crippen LogP contribution in [0.15, 0.2) is 95.9 Å². The van der Waals surface area contributed by atoms with Crippen molar-refractivity contribution in [2.75, 3.05) is 0 Å². The summed E-state index contributed by atoms with van der Waals surface area (Å²) in [6.07, 6.45) is -0.406. The zero-order valence-electron chi connectivity index (χ0n) is 12.1. The highest BCUT2D eigenvalue weighted by Crippen LogP contribution is 2.12. The summed E-state index contributed by atoms with van der Waals surface area (Å²) in [5.74, 6) is 0. The van der Waals surface area contributed by atoms with Crippen molar-refractivity contribution in [3.05, 3.63) is 102 Å². The summed E-state index contributed by atoms with van der Waals surface area (Å²) in [5, 5.41) is 0. The summed E-state index contributed by atoms with van der Waals surface area (Å²) < 4.78 is 0. The molecule has 0 unspecified atom stereocenters. The quantitative estimate of drug-likeness (QED) is 0.507. The van der Waals surface area contributed by atoms with Crippen molar-refractivity contribution in [3.63, 3.8) is 0 Å². The van der Waals surface area contributed by atoms with Crippen molar-refractivity contribution in [2.24, 2.45) is 4.90 Å². The van der Waals surface area contributed by atoms with E-state index in [1.807, 2.05) is 66.7 Å². The van der Waals surface area contributed by atoms with E-state index in [0.29, 0.717) is 0 Å². The zero-order chi connectivity index (χ0) is 15.2. The van der Waals surface area contributed by atoms with Crippen LogP contribution in [0.5, 0.6) is 0 Å². The highest BCUT2D eigenvalue weighted by molar-refractivity contribution is 7.13. The molecule has 0 saturated heterocycles. The Hall–Kier alpha value is -2.32. The van der Waals surface area contributed by atoms with Gasteiger partial charge in [-0.1, -0.05) is 91.0 Å². The minimum atomic E-state index is -0.406. The smallest absolute Gasteiger partial charge is 0.315 e. The van der Waals surface area contributed by atoms with Gasteiger partial charge >= 0.3 is 6.26 Å². The van der Waals surface area contributed by atoms with Gasteiger partial charge in [0.25, 0.3) is 0 Å². The van der Waals surface area contributed by atoms with Crippen LogP contribution in [0.2, 0.25) is 0 Å². The SMILES string of the molecule is ClB(N=C(c1ccccc1)c1ccccc1)c1ccccc1. The fourth-order valence-electron chi connectivity index (χ4n) is 2.31. The Labute approximate surface area is 136 Å². The Kier molecular flexibility index (Phi) is 4.72. The molecular formula is C19H15BClN. The van der Waals surface area contributed by atoms with Crippen LogP contribution in [0.1, 0.15) is 11.1 Å². The molecule has 0 atom stereocenters.